The number of nitrogens with one attached hydrogen (secondary N) is 1. The minimum Gasteiger partial charge on any atom is -0.450 e. The van der Waals surface area contributed by atoms with E-state index in [1.54, 1.807) is 30.7 Å². The van der Waals surface area contributed by atoms with Crippen molar-refractivity contribution in [3.8, 4) is 0 Å². The van der Waals surface area contributed by atoms with E-state index in [-0.39, 0.29) is 18.0 Å². The van der Waals surface area contributed by atoms with Crippen LogP contribution in [0, 0.1) is 12.7 Å². The Morgan fingerprint density at radius 3 is 2.85 bits per heavy atom. The molecular formula is C24H24FN5O3S. The number of anilines is 2. The van der Waals surface area contributed by atoms with Crippen molar-refractivity contribution in [1.82, 2.24) is 15.0 Å². The summed E-state index contributed by atoms with van der Waals surface area (Å²) in [7, 11) is 0. The van der Waals surface area contributed by atoms with Gasteiger partial charge in [0.25, 0.3) is 0 Å². The van der Waals surface area contributed by atoms with Gasteiger partial charge >= 0.3 is 6.16 Å². The van der Waals surface area contributed by atoms with Crippen LogP contribution in [-0.2, 0) is 4.74 Å². The zero-order chi connectivity index (χ0) is 23.8. The fourth-order valence-corrected chi connectivity index (χ4v) is 5.18. The maximum Gasteiger partial charge on any atom is 0.506 e. The van der Waals surface area contributed by atoms with Gasteiger partial charge in [-0.3, -0.25) is 0 Å². The van der Waals surface area contributed by atoms with Crippen molar-refractivity contribution in [1.29, 1.82) is 0 Å². The lowest BCUT2D eigenvalue weighted by Gasteiger charge is -2.34. The number of nitrogens with zero attached hydrogens (tertiary/aromatic N) is 4. The third kappa shape index (κ3) is 4.21. The molecule has 3 aromatic heterocycles. The van der Waals surface area contributed by atoms with Crippen LogP contribution in [0.15, 0.2) is 36.0 Å². The molecule has 2 N–H and O–H groups in total. The number of carboxylic acid groups (broad SMARTS) is 1. The second-order valence-electron chi connectivity index (χ2n) is 8.44. The summed E-state index contributed by atoms with van der Waals surface area (Å²) in [6.07, 6.45) is 1.09. The molecule has 4 heterocycles. The molecule has 176 valence electrons. The van der Waals surface area contributed by atoms with Gasteiger partial charge < -0.3 is 20.1 Å². The minimum atomic E-state index is -1.25. The van der Waals surface area contributed by atoms with Crippen LogP contribution in [0.2, 0.25) is 0 Å². The number of rotatable bonds is 5. The van der Waals surface area contributed by atoms with Crippen molar-refractivity contribution in [2.45, 2.75) is 38.8 Å². The van der Waals surface area contributed by atoms with E-state index < -0.39 is 6.16 Å². The Bertz CT molecular complexity index is 1370. The largest absolute Gasteiger partial charge is 0.506 e. The monoisotopic (exact) mass is 481 g/mol. The average Bonchev–Trinajstić information content (AvgIpc) is 3.31. The molecule has 4 aromatic rings. The third-order valence-electron chi connectivity index (χ3n) is 6.27. The van der Waals surface area contributed by atoms with Crippen LogP contribution in [0.4, 0.5) is 20.8 Å². The number of hydrogen-bond acceptors (Lipinski definition) is 8. The molecule has 0 aliphatic carbocycles. The second kappa shape index (κ2) is 9.02. The number of carbonyl (C=O) groups is 1. The molecule has 1 aliphatic rings. The Morgan fingerprint density at radius 1 is 1.29 bits per heavy atom. The number of aryl methyl sites for hydroxylation is 1. The lowest BCUT2D eigenvalue weighted by atomic mass is 10.0. The van der Waals surface area contributed by atoms with E-state index in [2.05, 4.69) is 20.2 Å². The number of fused-ring (bicyclic) bond motifs is 2. The van der Waals surface area contributed by atoms with E-state index in [1.165, 1.54) is 6.07 Å². The van der Waals surface area contributed by atoms with E-state index >= 15 is 0 Å². The van der Waals surface area contributed by atoms with Crippen LogP contribution >= 0.6 is 11.3 Å². The number of ether oxygens (including phenoxy) is 1. The highest BCUT2D eigenvalue weighted by atomic mass is 32.1. The number of aromatic nitrogens is 3. The van der Waals surface area contributed by atoms with Crippen LogP contribution in [0.5, 0.6) is 0 Å². The molecule has 1 atom stereocenters. The Hall–Kier alpha value is -3.53. The van der Waals surface area contributed by atoms with Gasteiger partial charge in [-0.25, -0.2) is 24.1 Å². The van der Waals surface area contributed by atoms with Gasteiger partial charge in [-0.05, 0) is 43.5 Å². The predicted molar refractivity (Wildman–Crippen MR) is 130 cm³/mol. The van der Waals surface area contributed by atoms with Gasteiger partial charge in [0.15, 0.2) is 0 Å². The van der Waals surface area contributed by atoms with Gasteiger partial charge in [-0.15, -0.1) is 11.3 Å². The summed E-state index contributed by atoms with van der Waals surface area (Å²) in [5.41, 5.74) is 2.08. The normalized spacial score (nSPS) is 15.6. The Labute approximate surface area is 199 Å². The summed E-state index contributed by atoms with van der Waals surface area (Å²) < 4.78 is 19.3. The van der Waals surface area contributed by atoms with E-state index in [0.717, 1.165) is 32.8 Å². The summed E-state index contributed by atoms with van der Waals surface area (Å²) in [5, 5.41) is 16.2. The van der Waals surface area contributed by atoms with E-state index in [9.17, 15) is 9.18 Å². The van der Waals surface area contributed by atoms with Crippen LogP contribution in [-0.4, -0.2) is 45.4 Å². The van der Waals surface area contributed by atoms with Crippen LogP contribution in [0.25, 0.3) is 21.1 Å². The zero-order valence-electron chi connectivity index (χ0n) is 18.8. The van der Waals surface area contributed by atoms with Crippen molar-refractivity contribution >= 4 is 50.2 Å². The van der Waals surface area contributed by atoms with Gasteiger partial charge in [0.05, 0.1) is 16.9 Å². The number of thiophene rings is 1. The van der Waals surface area contributed by atoms with Gasteiger partial charge in [0, 0.05) is 42.4 Å². The molecular weight excluding hydrogens is 457 g/mol. The predicted octanol–water partition coefficient (Wildman–Crippen LogP) is 5.52. The molecule has 1 fully saturated rings. The minimum absolute atomic E-state index is 0.150. The summed E-state index contributed by atoms with van der Waals surface area (Å²) in [6.45, 7) is 4.96. The first-order chi connectivity index (χ1) is 16.4. The highest BCUT2D eigenvalue weighted by Crippen LogP contribution is 2.35. The van der Waals surface area contributed by atoms with Gasteiger partial charge in [0.1, 0.15) is 34.7 Å². The highest BCUT2D eigenvalue weighted by molar-refractivity contribution is 7.16. The molecule has 1 saturated heterocycles. The molecule has 0 saturated carbocycles. The van der Waals surface area contributed by atoms with Crippen molar-refractivity contribution < 1.29 is 19.0 Å². The number of hydrogen-bond donors (Lipinski definition) is 2. The van der Waals surface area contributed by atoms with Crippen molar-refractivity contribution in [2.75, 3.05) is 23.3 Å². The molecule has 10 heteroatoms. The molecule has 0 amide bonds. The lowest BCUT2D eigenvalue weighted by molar-refractivity contribution is 0.0415. The smallest absolute Gasteiger partial charge is 0.450 e. The average molecular weight is 482 g/mol. The van der Waals surface area contributed by atoms with Crippen molar-refractivity contribution in [3.05, 3.63) is 52.9 Å². The van der Waals surface area contributed by atoms with Crippen molar-refractivity contribution in [3.63, 3.8) is 0 Å². The number of piperidine rings is 1. The first-order valence-electron chi connectivity index (χ1n) is 11.1. The molecule has 0 bridgehead atoms. The van der Waals surface area contributed by atoms with Gasteiger partial charge in [-0.2, -0.15) is 0 Å². The van der Waals surface area contributed by atoms with E-state index in [1.807, 2.05) is 24.4 Å². The summed E-state index contributed by atoms with van der Waals surface area (Å²) in [5.74, 6) is 1.21. The SMILES string of the molecule is Cc1c(F)ccc2cc([C@H](C)Nc3ncnc4sccc34)c(N3CCC(OC(=O)O)CC3)nc12. The zero-order valence-corrected chi connectivity index (χ0v) is 19.6. The quantitative estimate of drug-likeness (QED) is 0.359. The Morgan fingerprint density at radius 2 is 2.09 bits per heavy atom. The number of pyridine rings is 1. The molecule has 0 unspecified atom stereocenters. The Kier molecular flexibility index (Phi) is 5.91. The number of halogens is 1. The van der Waals surface area contributed by atoms with Gasteiger partial charge in [0.2, 0.25) is 0 Å². The maximum atomic E-state index is 14.3. The second-order valence-corrected chi connectivity index (χ2v) is 9.34. The molecule has 1 aliphatic heterocycles. The molecule has 34 heavy (non-hydrogen) atoms. The van der Waals surface area contributed by atoms with Crippen molar-refractivity contribution in [2.24, 2.45) is 0 Å². The Balaban J connectivity index is 1.52. The lowest BCUT2D eigenvalue weighted by Crippen LogP contribution is -2.39. The van der Waals surface area contributed by atoms with Crippen LogP contribution < -0.4 is 10.2 Å². The molecule has 0 spiro atoms. The van der Waals surface area contributed by atoms with E-state index in [4.69, 9.17) is 14.8 Å². The van der Waals surface area contributed by atoms with Gasteiger partial charge in [-0.1, -0.05) is 0 Å². The van der Waals surface area contributed by atoms with E-state index in [0.29, 0.717) is 37.0 Å². The van der Waals surface area contributed by atoms with Crippen LogP contribution in [0.3, 0.4) is 0 Å². The fraction of sp³-hybridized carbons (Fsp3) is 0.333. The standard InChI is InChI=1S/C24H24FN5O3S/c1-13-19(25)4-3-15-11-18(14(2)28-21-17-7-10-34-23(17)27-12-26-21)22(29-20(13)15)30-8-5-16(6-9-30)33-24(31)32/h3-4,7,10-12,14,16H,5-6,8-9H2,1-2H3,(H,31,32)(H,26,27,28)/t14-/m0/s1. The maximum absolute atomic E-state index is 14.3. The molecule has 8 nitrogen and oxygen atoms in total. The summed E-state index contributed by atoms with van der Waals surface area (Å²) in [6, 6.07) is 7.11. The fourth-order valence-electron chi connectivity index (χ4n) is 4.45. The van der Waals surface area contributed by atoms with Crippen LogP contribution in [0.1, 0.15) is 36.9 Å². The first kappa shape index (κ1) is 22.3. The summed E-state index contributed by atoms with van der Waals surface area (Å²) >= 11 is 1.56. The third-order valence-corrected chi connectivity index (χ3v) is 7.09. The molecule has 5 rings (SSSR count). The topological polar surface area (TPSA) is 100 Å². The highest BCUT2D eigenvalue weighted by Gasteiger charge is 2.27. The number of benzene rings is 1. The molecule has 0 radical (unpaired) electrons. The molecule has 1 aromatic carbocycles. The summed E-state index contributed by atoms with van der Waals surface area (Å²) in [4.78, 5) is 27.6. The first-order valence-corrected chi connectivity index (χ1v) is 12.0.